The third kappa shape index (κ3) is 3.31. The summed E-state index contributed by atoms with van der Waals surface area (Å²) in [7, 11) is 0. The van der Waals surface area contributed by atoms with Gasteiger partial charge < -0.3 is 11.1 Å². The highest BCUT2D eigenvalue weighted by Crippen LogP contribution is 2.26. The lowest BCUT2D eigenvalue weighted by molar-refractivity contribution is -0.121. The SMILES string of the molecule is CC(C)(C(=O)Nc1ccc(Cl)c(Cl)c1)C(N)=S. The first-order valence-corrected chi connectivity index (χ1v) is 5.98. The lowest BCUT2D eigenvalue weighted by Crippen LogP contribution is -2.41. The minimum absolute atomic E-state index is 0.134. The van der Waals surface area contributed by atoms with E-state index in [1.54, 1.807) is 32.0 Å². The molecule has 0 spiro atoms. The fraction of sp³-hybridized carbons (Fsp3) is 0.273. The number of thiocarbonyl (C=S) groups is 1. The Balaban J connectivity index is 2.89. The monoisotopic (exact) mass is 290 g/mol. The molecule has 1 rings (SSSR count). The molecule has 0 aliphatic heterocycles. The van der Waals surface area contributed by atoms with Gasteiger partial charge in [-0.05, 0) is 32.0 Å². The van der Waals surface area contributed by atoms with Gasteiger partial charge >= 0.3 is 0 Å². The van der Waals surface area contributed by atoms with Crippen molar-refractivity contribution in [3.8, 4) is 0 Å². The summed E-state index contributed by atoms with van der Waals surface area (Å²) in [5.41, 5.74) is 5.14. The van der Waals surface area contributed by atoms with Gasteiger partial charge in [0.25, 0.3) is 0 Å². The quantitative estimate of drug-likeness (QED) is 0.841. The van der Waals surface area contributed by atoms with E-state index in [0.29, 0.717) is 15.7 Å². The highest BCUT2D eigenvalue weighted by atomic mass is 35.5. The summed E-state index contributed by atoms with van der Waals surface area (Å²) in [6.07, 6.45) is 0. The number of halogens is 2. The van der Waals surface area contributed by atoms with E-state index in [0.717, 1.165) is 0 Å². The van der Waals surface area contributed by atoms with Crippen molar-refractivity contribution in [3.05, 3.63) is 28.2 Å². The van der Waals surface area contributed by atoms with Gasteiger partial charge in [0, 0.05) is 5.69 Å². The number of benzene rings is 1. The van der Waals surface area contributed by atoms with Crippen molar-refractivity contribution in [2.45, 2.75) is 13.8 Å². The highest BCUT2D eigenvalue weighted by Gasteiger charge is 2.30. The summed E-state index contributed by atoms with van der Waals surface area (Å²) < 4.78 is 0. The highest BCUT2D eigenvalue weighted by molar-refractivity contribution is 7.80. The Morgan fingerprint density at radius 2 is 1.94 bits per heavy atom. The molecule has 1 aromatic carbocycles. The number of nitrogens with one attached hydrogen (secondary N) is 1. The smallest absolute Gasteiger partial charge is 0.236 e. The van der Waals surface area contributed by atoms with Crippen molar-refractivity contribution in [1.82, 2.24) is 0 Å². The fourth-order valence-electron chi connectivity index (χ4n) is 0.973. The van der Waals surface area contributed by atoms with Crippen LogP contribution in [0.3, 0.4) is 0 Å². The van der Waals surface area contributed by atoms with Crippen LogP contribution in [0.5, 0.6) is 0 Å². The average Bonchev–Trinajstić information content (AvgIpc) is 2.23. The first-order chi connectivity index (χ1) is 7.75. The van der Waals surface area contributed by atoms with Crippen molar-refractivity contribution in [2.24, 2.45) is 11.1 Å². The van der Waals surface area contributed by atoms with Crippen molar-refractivity contribution in [1.29, 1.82) is 0 Å². The van der Waals surface area contributed by atoms with E-state index in [4.69, 9.17) is 41.2 Å². The predicted octanol–water partition coefficient (Wildman–Crippen LogP) is 3.24. The van der Waals surface area contributed by atoms with Crippen molar-refractivity contribution in [3.63, 3.8) is 0 Å². The van der Waals surface area contributed by atoms with Crippen LogP contribution in [0.4, 0.5) is 5.69 Å². The van der Waals surface area contributed by atoms with E-state index in [2.05, 4.69) is 5.32 Å². The molecule has 3 N–H and O–H groups in total. The number of carbonyl (C=O) groups is 1. The molecule has 3 nitrogen and oxygen atoms in total. The summed E-state index contributed by atoms with van der Waals surface area (Å²) in [4.78, 5) is 12.1. The Morgan fingerprint density at radius 3 is 2.41 bits per heavy atom. The zero-order valence-electron chi connectivity index (χ0n) is 9.38. The number of nitrogens with two attached hydrogens (primary N) is 1. The standard InChI is InChI=1S/C11H12Cl2N2OS/c1-11(2,9(14)17)10(16)15-6-3-4-7(12)8(13)5-6/h3-5H,1-2H3,(H2,14,17)(H,15,16). The molecule has 0 aliphatic rings. The average molecular weight is 291 g/mol. The molecular weight excluding hydrogens is 279 g/mol. The molecule has 92 valence electrons. The number of amides is 1. The Hall–Kier alpha value is -0.840. The zero-order chi connectivity index (χ0) is 13.2. The number of hydrogen-bond acceptors (Lipinski definition) is 2. The lowest BCUT2D eigenvalue weighted by Gasteiger charge is -2.22. The van der Waals surface area contributed by atoms with Crippen molar-refractivity contribution < 1.29 is 4.79 Å². The molecule has 6 heteroatoms. The van der Waals surface area contributed by atoms with Gasteiger partial charge in [-0.3, -0.25) is 4.79 Å². The second-order valence-corrected chi connectivity index (χ2v) is 5.33. The molecule has 0 heterocycles. The normalized spacial score (nSPS) is 11.1. The third-order valence-electron chi connectivity index (χ3n) is 2.36. The molecule has 1 amide bonds. The molecule has 0 saturated heterocycles. The van der Waals surface area contributed by atoms with Crippen LogP contribution in [0.25, 0.3) is 0 Å². The van der Waals surface area contributed by atoms with Crippen LogP contribution in [0, 0.1) is 5.41 Å². The van der Waals surface area contributed by atoms with Crippen molar-refractivity contribution in [2.75, 3.05) is 5.32 Å². The number of carbonyl (C=O) groups excluding carboxylic acids is 1. The summed E-state index contributed by atoms with van der Waals surface area (Å²) >= 11 is 16.5. The van der Waals surface area contributed by atoms with Gasteiger partial charge in [-0.2, -0.15) is 0 Å². The van der Waals surface area contributed by atoms with Gasteiger partial charge in [0.1, 0.15) is 0 Å². The van der Waals surface area contributed by atoms with Crippen LogP contribution in [0.2, 0.25) is 10.0 Å². The third-order valence-corrected chi connectivity index (χ3v) is 3.61. The number of hydrogen-bond donors (Lipinski definition) is 2. The molecule has 0 saturated carbocycles. The van der Waals surface area contributed by atoms with Gasteiger partial charge in [0.2, 0.25) is 5.91 Å². The van der Waals surface area contributed by atoms with E-state index in [-0.39, 0.29) is 10.9 Å². The minimum Gasteiger partial charge on any atom is -0.392 e. The first kappa shape index (κ1) is 14.2. The Labute approximate surface area is 115 Å². The summed E-state index contributed by atoms with van der Waals surface area (Å²) in [6, 6.07) is 4.83. The fourth-order valence-corrected chi connectivity index (χ4v) is 1.36. The van der Waals surface area contributed by atoms with Gasteiger partial charge in [-0.1, -0.05) is 35.4 Å². The molecule has 0 aliphatic carbocycles. The summed E-state index contributed by atoms with van der Waals surface area (Å²) in [5, 5.41) is 3.48. The zero-order valence-corrected chi connectivity index (χ0v) is 11.7. The molecule has 0 atom stereocenters. The lowest BCUT2D eigenvalue weighted by atomic mass is 9.92. The summed E-state index contributed by atoms with van der Waals surface area (Å²) in [5.74, 6) is -0.289. The molecular formula is C11H12Cl2N2OS. The minimum atomic E-state index is -0.915. The Morgan fingerprint density at radius 1 is 1.35 bits per heavy atom. The van der Waals surface area contributed by atoms with Gasteiger partial charge in [0.05, 0.1) is 20.4 Å². The summed E-state index contributed by atoms with van der Waals surface area (Å²) in [6.45, 7) is 3.31. The number of rotatable bonds is 3. The number of anilines is 1. The van der Waals surface area contributed by atoms with E-state index < -0.39 is 5.41 Å². The van der Waals surface area contributed by atoms with Crippen LogP contribution < -0.4 is 11.1 Å². The molecule has 0 bridgehead atoms. The van der Waals surface area contributed by atoms with E-state index >= 15 is 0 Å². The van der Waals surface area contributed by atoms with Gasteiger partial charge in [-0.15, -0.1) is 0 Å². The van der Waals surface area contributed by atoms with Crippen LogP contribution in [-0.4, -0.2) is 10.9 Å². The molecule has 1 aromatic rings. The maximum Gasteiger partial charge on any atom is 0.236 e. The van der Waals surface area contributed by atoms with E-state index in [9.17, 15) is 4.79 Å². The molecule has 0 radical (unpaired) electrons. The first-order valence-electron chi connectivity index (χ1n) is 4.81. The predicted molar refractivity (Wildman–Crippen MR) is 75.7 cm³/mol. The van der Waals surface area contributed by atoms with Crippen molar-refractivity contribution >= 4 is 52.0 Å². The topological polar surface area (TPSA) is 55.1 Å². The van der Waals surface area contributed by atoms with E-state index in [1.165, 1.54) is 0 Å². The molecule has 0 unspecified atom stereocenters. The van der Waals surface area contributed by atoms with Crippen LogP contribution in [0.1, 0.15) is 13.8 Å². The van der Waals surface area contributed by atoms with Crippen LogP contribution in [0.15, 0.2) is 18.2 Å². The van der Waals surface area contributed by atoms with Gasteiger partial charge in [0.15, 0.2) is 0 Å². The molecule has 0 fully saturated rings. The molecule has 17 heavy (non-hydrogen) atoms. The second-order valence-electron chi connectivity index (χ2n) is 4.07. The maximum atomic E-state index is 11.9. The molecule has 0 aromatic heterocycles. The largest absolute Gasteiger partial charge is 0.392 e. The van der Waals surface area contributed by atoms with Gasteiger partial charge in [-0.25, -0.2) is 0 Å². The Kier molecular flexibility index (Phi) is 4.36. The van der Waals surface area contributed by atoms with Crippen LogP contribution >= 0.6 is 35.4 Å². The second kappa shape index (κ2) is 5.21. The maximum absolute atomic E-state index is 11.9. The Bertz CT molecular complexity index is 475. The van der Waals surface area contributed by atoms with E-state index in [1.807, 2.05) is 0 Å². The van der Waals surface area contributed by atoms with Crippen LogP contribution in [-0.2, 0) is 4.79 Å².